The molecule has 0 aliphatic heterocycles. The fraction of sp³-hybridized carbons (Fsp3) is 0.565. The topological polar surface area (TPSA) is 57.3 Å². The average molecular weight is 448 g/mol. The first-order valence-corrected chi connectivity index (χ1v) is 11.2. The molecule has 3 aromatic rings. The number of rotatable bonds is 10. The Balaban J connectivity index is 2.11. The highest BCUT2D eigenvalue weighted by molar-refractivity contribution is 6.32. The van der Waals surface area contributed by atoms with Crippen molar-refractivity contribution in [3.63, 3.8) is 0 Å². The zero-order valence-corrected chi connectivity index (χ0v) is 20.5. The molecule has 170 valence electrons. The zero-order chi connectivity index (χ0) is 22.7. The Hall–Kier alpha value is -2.09. The maximum atomic E-state index is 6.79. The summed E-state index contributed by atoms with van der Waals surface area (Å²) in [6.45, 7) is 9.35. The minimum absolute atomic E-state index is 0.242. The van der Waals surface area contributed by atoms with Crippen LogP contribution >= 0.6 is 11.6 Å². The van der Waals surface area contributed by atoms with Gasteiger partial charge in [-0.15, -0.1) is 0 Å². The van der Waals surface area contributed by atoms with E-state index in [2.05, 4.69) is 37.8 Å². The molecule has 0 saturated heterocycles. The molecule has 0 radical (unpaired) electrons. The normalized spacial score (nSPS) is 12.6. The fourth-order valence-electron chi connectivity index (χ4n) is 4.14. The number of likely N-dealkylation sites (N-methyl/N-ethyl adjacent to an activating group) is 1. The van der Waals surface area contributed by atoms with Gasteiger partial charge in [0.2, 0.25) is 0 Å². The second-order valence-corrected chi connectivity index (χ2v) is 8.29. The Morgan fingerprint density at radius 1 is 1.16 bits per heavy atom. The van der Waals surface area contributed by atoms with Crippen LogP contribution in [0.4, 0.5) is 5.82 Å². The minimum atomic E-state index is 0.242. The summed E-state index contributed by atoms with van der Waals surface area (Å²) in [5.41, 5.74) is 4.80. The van der Waals surface area contributed by atoms with Crippen molar-refractivity contribution in [2.45, 2.75) is 33.1 Å². The van der Waals surface area contributed by atoms with E-state index in [0.717, 1.165) is 58.9 Å². The lowest BCUT2D eigenvalue weighted by Crippen LogP contribution is -2.28. The van der Waals surface area contributed by atoms with Gasteiger partial charge in [-0.05, 0) is 38.0 Å². The smallest absolute Gasteiger partial charge is 0.158 e. The van der Waals surface area contributed by atoms with Crippen LogP contribution in [0.3, 0.4) is 0 Å². The van der Waals surface area contributed by atoms with Gasteiger partial charge in [0.1, 0.15) is 11.0 Å². The maximum absolute atomic E-state index is 6.79. The number of anilines is 1. The molecule has 3 rings (SSSR count). The molecule has 0 aliphatic rings. The predicted octanol–water partition coefficient (Wildman–Crippen LogP) is 4.55. The Kier molecular flexibility index (Phi) is 7.62. The maximum Gasteiger partial charge on any atom is 0.158 e. The Morgan fingerprint density at radius 2 is 1.90 bits per heavy atom. The summed E-state index contributed by atoms with van der Waals surface area (Å²) in [5, 5.41) is 6.54. The first-order chi connectivity index (χ1) is 14.9. The van der Waals surface area contributed by atoms with Crippen LogP contribution in [-0.2, 0) is 23.6 Å². The SMILES string of the molecule is CCC(COC)c1nn(C)c2nc(-c3cc(N(CC)CCOC)n(C)c3Cl)c(C)cc12. The van der Waals surface area contributed by atoms with E-state index in [0.29, 0.717) is 18.4 Å². The first-order valence-electron chi connectivity index (χ1n) is 10.8. The summed E-state index contributed by atoms with van der Waals surface area (Å²) in [4.78, 5) is 7.28. The van der Waals surface area contributed by atoms with E-state index in [1.165, 1.54) is 0 Å². The summed E-state index contributed by atoms with van der Waals surface area (Å²) in [6.07, 6.45) is 0.961. The van der Waals surface area contributed by atoms with Gasteiger partial charge in [-0.25, -0.2) is 4.98 Å². The summed E-state index contributed by atoms with van der Waals surface area (Å²) in [5.74, 6) is 1.30. The van der Waals surface area contributed by atoms with Gasteiger partial charge in [0.05, 0.1) is 24.6 Å². The molecule has 7 nitrogen and oxygen atoms in total. The molecule has 8 heteroatoms. The third kappa shape index (κ3) is 4.45. The fourth-order valence-corrected chi connectivity index (χ4v) is 4.37. The van der Waals surface area contributed by atoms with Gasteiger partial charge in [0.25, 0.3) is 0 Å². The predicted molar refractivity (Wildman–Crippen MR) is 127 cm³/mol. The number of aryl methyl sites for hydroxylation is 2. The molecule has 1 atom stereocenters. The van der Waals surface area contributed by atoms with Gasteiger partial charge in [0.15, 0.2) is 5.65 Å². The Morgan fingerprint density at radius 3 is 2.52 bits per heavy atom. The quantitative estimate of drug-likeness (QED) is 0.456. The van der Waals surface area contributed by atoms with Crippen molar-refractivity contribution in [2.75, 3.05) is 45.4 Å². The minimum Gasteiger partial charge on any atom is -0.384 e. The first kappa shape index (κ1) is 23.6. The molecule has 0 aromatic carbocycles. The standard InChI is InChI=1S/C23H34ClN5O2/c1-8-16(14-31-7)21-18-12-15(3)20(25-23(18)28(5)26-21)17-13-19(27(4)22(17)24)29(9-2)10-11-30-6/h12-13,16H,8-11,14H2,1-7H3. The number of halogens is 1. The van der Waals surface area contributed by atoms with E-state index < -0.39 is 0 Å². The van der Waals surface area contributed by atoms with Crippen LogP contribution in [0, 0.1) is 6.92 Å². The Labute approximate surface area is 189 Å². The molecule has 3 aromatic heterocycles. The van der Waals surface area contributed by atoms with E-state index in [-0.39, 0.29) is 5.92 Å². The van der Waals surface area contributed by atoms with E-state index in [1.807, 2.05) is 23.3 Å². The van der Waals surface area contributed by atoms with Crippen molar-refractivity contribution in [2.24, 2.45) is 14.1 Å². The number of fused-ring (bicyclic) bond motifs is 1. The van der Waals surface area contributed by atoms with Gasteiger partial charge in [-0.2, -0.15) is 5.10 Å². The molecule has 3 heterocycles. The molecule has 0 fully saturated rings. The number of pyridine rings is 1. The number of methoxy groups -OCH3 is 2. The largest absolute Gasteiger partial charge is 0.384 e. The van der Waals surface area contributed by atoms with Crippen molar-refractivity contribution in [1.29, 1.82) is 0 Å². The van der Waals surface area contributed by atoms with Crippen LogP contribution in [0.2, 0.25) is 5.15 Å². The number of aromatic nitrogens is 4. The van der Waals surface area contributed by atoms with Crippen molar-refractivity contribution in [3.8, 4) is 11.3 Å². The zero-order valence-electron chi connectivity index (χ0n) is 19.7. The summed E-state index contributed by atoms with van der Waals surface area (Å²) in [7, 11) is 7.39. The highest BCUT2D eigenvalue weighted by Crippen LogP contribution is 2.37. The van der Waals surface area contributed by atoms with E-state index in [4.69, 9.17) is 31.2 Å². The van der Waals surface area contributed by atoms with Crippen LogP contribution in [0.25, 0.3) is 22.3 Å². The third-order valence-electron chi connectivity index (χ3n) is 5.94. The van der Waals surface area contributed by atoms with Gasteiger partial charge >= 0.3 is 0 Å². The molecule has 0 amide bonds. The molecule has 0 aliphatic carbocycles. The monoisotopic (exact) mass is 447 g/mol. The van der Waals surface area contributed by atoms with Crippen LogP contribution < -0.4 is 4.90 Å². The molecule has 0 saturated carbocycles. The van der Waals surface area contributed by atoms with Crippen LogP contribution in [0.15, 0.2) is 12.1 Å². The van der Waals surface area contributed by atoms with Gasteiger partial charge in [-0.3, -0.25) is 4.68 Å². The van der Waals surface area contributed by atoms with Crippen LogP contribution in [0.5, 0.6) is 0 Å². The molecule has 0 N–H and O–H groups in total. The molecule has 1 unspecified atom stereocenters. The van der Waals surface area contributed by atoms with Crippen molar-refractivity contribution < 1.29 is 9.47 Å². The van der Waals surface area contributed by atoms with E-state index >= 15 is 0 Å². The lowest BCUT2D eigenvalue weighted by molar-refractivity contribution is 0.176. The highest BCUT2D eigenvalue weighted by atomic mass is 35.5. The number of nitrogens with zero attached hydrogens (tertiary/aromatic N) is 5. The molecule has 0 bridgehead atoms. The third-order valence-corrected chi connectivity index (χ3v) is 6.40. The van der Waals surface area contributed by atoms with Crippen molar-refractivity contribution in [3.05, 3.63) is 28.5 Å². The number of hydrogen-bond donors (Lipinski definition) is 0. The lowest BCUT2D eigenvalue weighted by Gasteiger charge is -2.23. The second-order valence-electron chi connectivity index (χ2n) is 7.93. The van der Waals surface area contributed by atoms with E-state index in [9.17, 15) is 0 Å². The Bertz CT molecular complexity index is 1040. The van der Waals surface area contributed by atoms with Crippen molar-refractivity contribution in [1.82, 2.24) is 19.3 Å². The molecular formula is C23H34ClN5O2. The number of hydrogen-bond acceptors (Lipinski definition) is 5. The average Bonchev–Trinajstić information content (AvgIpc) is 3.23. The van der Waals surface area contributed by atoms with Crippen molar-refractivity contribution >= 4 is 28.5 Å². The highest BCUT2D eigenvalue weighted by Gasteiger charge is 2.23. The van der Waals surface area contributed by atoms with Gasteiger partial charge < -0.3 is 18.9 Å². The second kappa shape index (κ2) is 10.0. The lowest BCUT2D eigenvalue weighted by atomic mass is 9.99. The van der Waals surface area contributed by atoms with Gasteiger partial charge in [0, 0.05) is 58.3 Å². The molecule has 31 heavy (non-hydrogen) atoms. The van der Waals surface area contributed by atoms with Crippen LogP contribution in [-0.4, -0.2) is 59.9 Å². The molecule has 0 spiro atoms. The number of ether oxygens (including phenoxy) is 2. The summed E-state index contributed by atoms with van der Waals surface area (Å²) < 4.78 is 14.6. The summed E-state index contributed by atoms with van der Waals surface area (Å²) in [6, 6.07) is 4.31. The van der Waals surface area contributed by atoms with Gasteiger partial charge in [-0.1, -0.05) is 18.5 Å². The molecular weight excluding hydrogens is 414 g/mol. The van der Waals surface area contributed by atoms with E-state index in [1.54, 1.807) is 14.2 Å². The summed E-state index contributed by atoms with van der Waals surface area (Å²) >= 11 is 6.79. The van der Waals surface area contributed by atoms with Crippen LogP contribution in [0.1, 0.15) is 37.4 Å².